The Bertz CT molecular complexity index is 987. The first kappa shape index (κ1) is 24.6. The predicted octanol–water partition coefficient (Wildman–Crippen LogP) is 7.53. The topological polar surface area (TPSA) is 6.48 Å². The molecule has 0 fully saturated rings. The molecule has 0 aliphatic carbocycles. The van der Waals surface area contributed by atoms with E-state index in [0.717, 1.165) is 26.2 Å². The van der Waals surface area contributed by atoms with Gasteiger partial charge in [0.25, 0.3) is 0 Å². The van der Waals surface area contributed by atoms with Gasteiger partial charge in [-0.15, -0.1) is 0 Å². The van der Waals surface area contributed by atoms with Crippen LogP contribution in [0.1, 0.15) is 22.3 Å². The van der Waals surface area contributed by atoms with Crippen molar-refractivity contribution in [1.29, 1.82) is 0 Å². The molecule has 0 spiro atoms. The van der Waals surface area contributed by atoms with Gasteiger partial charge in [0.15, 0.2) is 0 Å². The van der Waals surface area contributed by atoms with Crippen LogP contribution in [0.2, 0.25) is 13.1 Å². The van der Waals surface area contributed by atoms with Crippen LogP contribution in [0.5, 0.6) is 0 Å². The molecule has 177 valence electrons. The van der Waals surface area contributed by atoms with Crippen LogP contribution in [0.4, 0.5) is 0 Å². The van der Waals surface area contributed by atoms with Gasteiger partial charge in [-0.1, -0.05) is 140 Å². The third kappa shape index (κ3) is 7.73. The summed E-state index contributed by atoms with van der Waals surface area (Å²) in [5.74, 6) is 1.32. The second-order valence-electron chi connectivity index (χ2n) is 9.23. The molecule has 2 nitrogen and oxygen atoms in total. The quantitative estimate of drug-likeness (QED) is 0.207. The van der Waals surface area contributed by atoms with E-state index < -0.39 is 8.80 Å². The van der Waals surface area contributed by atoms with Gasteiger partial charge in [-0.25, -0.2) is 0 Å². The predicted molar refractivity (Wildman–Crippen MR) is 150 cm³/mol. The van der Waals surface area contributed by atoms with E-state index in [2.05, 4.69) is 150 Å². The molecule has 0 unspecified atom stereocenters. The Morgan fingerprint density at radius 3 is 0.971 bits per heavy atom. The summed E-state index contributed by atoms with van der Waals surface area (Å²) in [6.07, 6.45) is 0. The number of rotatable bonds is 11. The zero-order chi connectivity index (χ0) is 24.3. The summed E-state index contributed by atoms with van der Waals surface area (Å²) in [5.41, 5.74) is 7.84. The van der Waals surface area contributed by atoms with Crippen LogP contribution in [0.25, 0.3) is 0 Å². The molecule has 4 rings (SSSR count). The van der Waals surface area contributed by atoms with Crippen LogP contribution < -0.4 is 0 Å². The lowest BCUT2D eigenvalue weighted by atomic mass is 10.1. The van der Waals surface area contributed by atoms with Crippen LogP contribution in [0.3, 0.4) is 0 Å². The molecule has 0 aromatic heterocycles. The highest BCUT2D eigenvalue weighted by atomic mass is 28.3. The highest BCUT2D eigenvalue weighted by Gasteiger charge is 2.20. The van der Waals surface area contributed by atoms with Gasteiger partial charge >= 0.3 is 0 Å². The fraction of sp³-hybridized carbons (Fsp3) is 0.188. The van der Waals surface area contributed by atoms with Crippen molar-refractivity contribution in [3.63, 3.8) is 0 Å². The van der Waals surface area contributed by atoms with E-state index in [1.54, 1.807) is 0 Å². The van der Waals surface area contributed by atoms with Crippen LogP contribution in [0.15, 0.2) is 133 Å². The van der Waals surface area contributed by atoms with Gasteiger partial charge in [0.05, 0.1) is 14.6 Å². The van der Waals surface area contributed by atoms with E-state index in [9.17, 15) is 0 Å². The first-order chi connectivity index (χ1) is 17.2. The monoisotopic (exact) mass is 475 g/mol. The van der Waals surface area contributed by atoms with Gasteiger partial charge in [-0.2, -0.15) is 0 Å². The summed E-state index contributed by atoms with van der Waals surface area (Å²) < 4.78 is 0. The third-order valence-corrected chi connectivity index (χ3v) is 6.77. The minimum absolute atomic E-state index is 0.633. The summed E-state index contributed by atoms with van der Waals surface area (Å²) >= 11 is 0. The average Bonchev–Trinajstić information content (AvgIpc) is 2.89. The van der Waals surface area contributed by atoms with Gasteiger partial charge in [-0.3, -0.25) is 0 Å². The summed E-state index contributed by atoms with van der Waals surface area (Å²) in [4.78, 5) is 5.13. The Morgan fingerprint density at radius 2 is 0.743 bits per heavy atom. The van der Waals surface area contributed by atoms with Crippen molar-refractivity contribution < 1.29 is 0 Å². The van der Waals surface area contributed by atoms with Crippen molar-refractivity contribution in [2.45, 2.75) is 39.3 Å². The van der Waals surface area contributed by atoms with E-state index in [-0.39, 0.29) is 0 Å². The molecule has 0 atom stereocenters. The fourth-order valence-electron chi connectivity index (χ4n) is 4.29. The van der Waals surface area contributed by atoms with Crippen molar-refractivity contribution in [3.05, 3.63) is 155 Å². The van der Waals surface area contributed by atoms with E-state index in [4.69, 9.17) is 0 Å². The van der Waals surface area contributed by atoms with Gasteiger partial charge in [-0.05, 0) is 22.3 Å². The Morgan fingerprint density at radius 1 is 0.486 bits per heavy atom. The van der Waals surface area contributed by atoms with Crippen molar-refractivity contribution >= 4 is 8.80 Å². The molecule has 4 aromatic carbocycles. The molecule has 0 heterocycles. The largest absolute Gasteiger partial charge is 0.350 e. The van der Waals surface area contributed by atoms with Crippen LogP contribution in [-0.4, -0.2) is 18.6 Å². The zero-order valence-corrected chi connectivity index (χ0v) is 21.8. The molecule has 35 heavy (non-hydrogen) atoms. The standard InChI is InChI=1S/C32H35N2Si/c1-35(2)27-32(33(23-28-15-7-3-8-16-28)24-29-17-9-4-10-18-29)34(25-30-19-11-5-12-20-30)26-31-21-13-6-14-22-31/h3-22,27H,23-26H2,1-2H3. The molecule has 0 saturated heterocycles. The second-order valence-corrected chi connectivity index (χ2v) is 11.7. The summed E-state index contributed by atoms with van der Waals surface area (Å²) in [6.45, 7) is 8.23. The maximum absolute atomic E-state index is 2.56. The van der Waals surface area contributed by atoms with Gasteiger partial charge in [0, 0.05) is 26.2 Å². The van der Waals surface area contributed by atoms with E-state index in [0.29, 0.717) is 0 Å². The van der Waals surface area contributed by atoms with Crippen molar-refractivity contribution in [1.82, 2.24) is 9.80 Å². The average molecular weight is 476 g/mol. The lowest BCUT2D eigenvalue weighted by Crippen LogP contribution is -2.35. The van der Waals surface area contributed by atoms with Crippen LogP contribution >= 0.6 is 0 Å². The molecule has 0 amide bonds. The number of hydrogen-bond donors (Lipinski definition) is 0. The molecule has 0 saturated carbocycles. The highest BCUT2D eigenvalue weighted by molar-refractivity contribution is 6.61. The minimum Gasteiger partial charge on any atom is -0.350 e. The Balaban J connectivity index is 1.74. The Kier molecular flexibility index (Phi) is 8.96. The molecule has 1 radical (unpaired) electrons. The first-order valence-corrected chi connectivity index (χ1v) is 14.9. The molecule has 0 N–H and O–H groups in total. The molecule has 4 aromatic rings. The molecule has 0 aliphatic heterocycles. The fourth-order valence-corrected chi connectivity index (χ4v) is 5.17. The lowest BCUT2D eigenvalue weighted by molar-refractivity contribution is 0.186. The summed E-state index contributed by atoms with van der Waals surface area (Å²) in [6, 6.07) is 43.4. The number of hydrogen-bond acceptors (Lipinski definition) is 2. The Hall–Kier alpha value is -3.56. The maximum atomic E-state index is 2.56. The van der Waals surface area contributed by atoms with Crippen LogP contribution in [0, 0.1) is 0 Å². The molecule has 0 aliphatic rings. The van der Waals surface area contributed by atoms with Gasteiger partial charge < -0.3 is 9.80 Å². The lowest BCUT2D eigenvalue weighted by Gasteiger charge is -2.37. The van der Waals surface area contributed by atoms with Crippen molar-refractivity contribution in [2.75, 3.05) is 0 Å². The van der Waals surface area contributed by atoms with E-state index >= 15 is 0 Å². The highest BCUT2D eigenvalue weighted by Crippen LogP contribution is 2.24. The van der Waals surface area contributed by atoms with Crippen molar-refractivity contribution in [2.24, 2.45) is 0 Å². The van der Waals surface area contributed by atoms with E-state index in [1.807, 2.05) is 0 Å². The molecular formula is C32H35N2Si. The summed E-state index contributed by atoms with van der Waals surface area (Å²) in [7, 11) is -0.633. The molecule has 3 heteroatoms. The van der Waals surface area contributed by atoms with Gasteiger partial charge in [0.2, 0.25) is 0 Å². The van der Waals surface area contributed by atoms with Crippen molar-refractivity contribution in [3.8, 4) is 0 Å². The van der Waals surface area contributed by atoms with Gasteiger partial charge in [0.1, 0.15) is 0 Å². The third-order valence-electron chi connectivity index (χ3n) is 5.93. The second kappa shape index (κ2) is 12.8. The SMILES string of the molecule is C[Si](C)C=C(N(Cc1ccccc1)Cc1ccccc1)N(Cc1ccccc1)Cc1ccccc1. The normalized spacial score (nSPS) is 10.7. The first-order valence-electron chi connectivity index (χ1n) is 12.3. The molecular weight excluding hydrogens is 440 g/mol. The maximum Gasteiger partial charge on any atom is 0.0968 e. The Labute approximate surface area is 212 Å². The van der Waals surface area contributed by atoms with E-state index in [1.165, 1.54) is 28.1 Å². The smallest absolute Gasteiger partial charge is 0.0968 e. The van der Waals surface area contributed by atoms with Crippen LogP contribution in [-0.2, 0) is 26.2 Å². The molecule has 0 bridgehead atoms. The number of benzene rings is 4. The number of nitrogens with zero attached hydrogens (tertiary/aromatic N) is 2. The minimum atomic E-state index is -0.633. The summed E-state index contributed by atoms with van der Waals surface area (Å²) in [5, 5.41) is 0. The zero-order valence-electron chi connectivity index (χ0n) is 20.8.